The monoisotopic (exact) mass is 277 g/mol. The Bertz CT molecular complexity index is 409. The van der Waals surface area contributed by atoms with E-state index in [0.29, 0.717) is 0 Å². The molecule has 0 saturated carbocycles. The number of aryl methyl sites for hydroxylation is 1. The van der Waals surface area contributed by atoms with Gasteiger partial charge < -0.3 is 4.90 Å². The van der Waals surface area contributed by atoms with Gasteiger partial charge >= 0.3 is 0 Å². The number of hydrogen-bond acceptors (Lipinski definition) is 1. The van der Waals surface area contributed by atoms with Gasteiger partial charge in [-0.1, -0.05) is 24.3 Å². The first kappa shape index (κ1) is 13.5. The van der Waals surface area contributed by atoms with Crippen molar-refractivity contribution in [1.29, 1.82) is 0 Å². The molecule has 0 spiro atoms. The van der Waals surface area contributed by atoms with Crippen molar-refractivity contribution in [3.05, 3.63) is 35.4 Å². The van der Waals surface area contributed by atoms with Crippen molar-refractivity contribution in [3.8, 4) is 0 Å². The molecule has 2 aliphatic rings. The predicted octanol–water partition coefficient (Wildman–Crippen LogP) is 4.06. The Hall–Kier alpha value is -0.530. The van der Waals surface area contributed by atoms with Gasteiger partial charge in [-0.3, -0.25) is 0 Å². The summed E-state index contributed by atoms with van der Waals surface area (Å²) in [6.07, 6.45) is 6.59. The molecule has 1 saturated heterocycles. The molecule has 1 heterocycles. The van der Waals surface area contributed by atoms with Gasteiger partial charge in [0.05, 0.1) is 0 Å². The van der Waals surface area contributed by atoms with Crippen LogP contribution in [0.2, 0.25) is 0 Å². The standard InChI is InChI=1S/C17H24ClN/c18-12-14-8-10-19(11-9-14)13-16-6-3-5-15-4-1-2-7-17(15)16/h1-2,4,7,14,16H,3,5-6,8-13H2. The lowest BCUT2D eigenvalue weighted by atomic mass is 9.82. The van der Waals surface area contributed by atoms with Crippen LogP contribution in [0.25, 0.3) is 0 Å². The van der Waals surface area contributed by atoms with Gasteiger partial charge in [0.2, 0.25) is 0 Å². The summed E-state index contributed by atoms with van der Waals surface area (Å²) in [5, 5.41) is 0. The van der Waals surface area contributed by atoms with Gasteiger partial charge in [0, 0.05) is 12.4 Å². The van der Waals surface area contributed by atoms with Gasteiger partial charge in [-0.05, 0) is 68.2 Å². The second-order valence-corrected chi connectivity index (χ2v) is 6.49. The molecule has 0 N–H and O–H groups in total. The lowest BCUT2D eigenvalue weighted by Gasteiger charge is -2.35. The van der Waals surface area contributed by atoms with Crippen molar-refractivity contribution in [2.75, 3.05) is 25.5 Å². The Morgan fingerprint density at radius 3 is 2.68 bits per heavy atom. The molecule has 0 radical (unpaired) electrons. The fourth-order valence-corrected chi connectivity index (χ4v) is 3.99. The van der Waals surface area contributed by atoms with E-state index in [1.165, 1.54) is 51.7 Å². The van der Waals surface area contributed by atoms with Crippen LogP contribution in [0.15, 0.2) is 24.3 Å². The van der Waals surface area contributed by atoms with E-state index in [4.69, 9.17) is 11.6 Å². The maximum Gasteiger partial charge on any atom is 0.0252 e. The smallest absolute Gasteiger partial charge is 0.0252 e. The molecule has 0 bridgehead atoms. The van der Waals surface area contributed by atoms with Gasteiger partial charge in [-0.25, -0.2) is 0 Å². The lowest BCUT2D eigenvalue weighted by molar-refractivity contribution is 0.179. The number of alkyl halides is 1. The van der Waals surface area contributed by atoms with Crippen molar-refractivity contribution in [1.82, 2.24) is 4.90 Å². The van der Waals surface area contributed by atoms with Crippen molar-refractivity contribution in [3.63, 3.8) is 0 Å². The molecule has 1 aliphatic heterocycles. The fraction of sp³-hybridized carbons (Fsp3) is 0.647. The van der Waals surface area contributed by atoms with E-state index in [1.54, 1.807) is 11.1 Å². The molecule has 1 unspecified atom stereocenters. The number of likely N-dealkylation sites (tertiary alicyclic amines) is 1. The number of halogens is 1. The molecule has 1 aromatic rings. The fourth-order valence-electron chi connectivity index (χ4n) is 3.68. The van der Waals surface area contributed by atoms with Crippen LogP contribution in [-0.4, -0.2) is 30.4 Å². The van der Waals surface area contributed by atoms with Crippen molar-refractivity contribution in [2.24, 2.45) is 5.92 Å². The highest BCUT2D eigenvalue weighted by Crippen LogP contribution is 2.33. The average molecular weight is 278 g/mol. The van der Waals surface area contributed by atoms with Crippen LogP contribution in [0.4, 0.5) is 0 Å². The number of piperidine rings is 1. The molecule has 1 aliphatic carbocycles. The van der Waals surface area contributed by atoms with Gasteiger partial charge in [-0.15, -0.1) is 11.6 Å². The van der Waals surface area contributed by atoms with Crippen LogP contribution >= 0.6 is 11.6 Å². The summed E-state index contributed by atoms with van der Waals surface area (Å²) < 4.78 is 0. The second kappa shape index (κ2) is 6.28. The third kappa shape index (κ3) is 3.14. The molecule has 1 fully saturated rings. The summed E-state index contributed by atoms with van der Waals surface area (Å²) in [5.41, 5.74) is 3.21. The summed E-state index contributed by atoms with van der Waals surface area (Å²) >= 11 is 5.97. The maximum atomic E-state index is 5.97. The van der Waals surface area contributed by atoms with Crippen molar-refractivity contribution in [2.45, 2.75) is 38.0 Å². The first-order valence-electron chi connectivity index (χ1n) is 7.73. The summed E-state index contributed by atoms with van der Waals surface area (Å²) in [6, 6.07) is 9.07. The highest BCUT2D eigenvalue weighted by atomic mass is 35.5. The Morgan fingerprint density at radius 1 is 1.11 bits per heavy atom. The molecule has 3 rings (SSSR count). The van der Waals surface area contributed by atoms with Crippen LogP contribution in [0, 0.1) is 5.92 Å². The molecule has 1 aromatic carbocycles. The first-order chi connectivity index (χ1) is 9.36. The van der Waals surface area contributed by atoms with Crippen LogP contribution in [0.3, 0.4) is 0 Å². The van der Waals surface area contributed by atoms with Crippen molar-refractivity contribution < 1.29 is 0 Å². The van der Waals surface area contributed by atoms with Crippen molar-refractivity contribution >= 4 is 11.6 Å². The van der Waals surface area contributed by atoms with Gasteiger partial charge in [0.25, 0.3) is 0 Å². The normalized spacial score (nSPS) is 25.2. The average Bonchev–Trinajstić information content (AvgIpc) is 2.48. The van der Waals surface area contributed by atoms with Crippen LogP contribution in [0.5, 0.6) is 0 Å². The summed E-state index contributed by atoms with van der Waals surface area (Å²) in [6.45, 7) is 3.75. The lowest BCUT2D eigenvalue weighted by Crippen LogP contribution is -2.37. The Balaban J connectivity index is 1.62. The SMILES string of the molecule is ClCC1CCN(CC2CCCc3ccccc32)CC1. The summed E-state index contributed by atoms with van der Waals surface area (Å²) in [5.74, 6) is 2.37. The van der Waals surface area contributed by atoms with Crippen LogP contribution < -0.4 is 0 Å². The molecule has 19 heavy (non-hydrogen) atoms. The number of benzene rings is 1. The maximum absolute atomic E-state index is 5.97. The van der Waals surface area contributed by atoms with Gasteiger partial charge in [0.15, 0.2) is 0 Å². The quantitative estimate of drug-likeness (QED) is 0.753. The molecule has 1 atom stereocenters. The third-order valence-electron chi connectivity index (χ3n) is 4.90. The molecule has 0 amide bonds. The Morgan fingerprint density at radius 2 is 1.89 bits per heavy atom. The predicted molar refractivity (Wildman–Crippen MR) is 82.0 cm³/mol. The molecular formula is C17H24ClN. The zero-order valence-electron chi connectivity index (χ0n) is 11.7. The topological polar surface area (TPSA) is 3.24 Å². The van der Waals surface area contributed by atoms with Gasteiger partial charge in [0.1, 0.15) is 0 Å². The molecular weight excluding hydrogens is 254 g/mol. The van der Waals surface area contributed by atoms with Gasteiger partial charge in [-0.2, -0.15) is 0 Å². The third-order valence-corrected chi connectivity index (χ3v) is 5.33. The zero-order valence-corrected chi connectivity index (χ0v) is 12.4. The Labute approximate surface area is 121 Å². The minimum absolute atomic E-state index is 0.761. The number of rotatable bonds is 3. The van der Waals surface area contributed by atoms with E-state index in [2.05, 4.69) is 29.2 Å². The number of nitrogens with zero attached hydrogens (tertiary/aromatic N) is 1. The summed E-state index contributed by atoms with van der Waals surface area (Å²) in [4.78, 5) is 2.66. The molecule has 1 nitrogen and oxygen atoms in total. The number of fused-ring (bicyclic) bond motifs is 1. The largest absolute Gasteiger partial charge is 0.303 e. The van der Waals surface area contributed by atoms with E-state index in [9.17, 15) is 0 Å². The first-order valence-corrected chi connectivity index (χ1v) is 8.26. The highest BCUT2D eigenvalue weighted by molar-refractivity contribution is 6.18. The molecule has 2 heteroatoms. The summed E-state index contributed by atoms with van der Waals surface area (Å²) in [7, 11) is 0. The highest BCUT2D eigenvalue weighted by Gasteiger charge is 2.24. The van der Waals surface area contributed by atoms with E-state index in [0.717, 1.165) is 17.7 Å². The van der Waals surface area contributed by atoms with E-state index < -0.39 is 0 Å². The number of hydrogen-bond donors (Lipinski definition) is 0. The zero-order chi connectivity index (χ0) is 13.1. The minimum Gasteiger partial charge on any atom is -0.303 e. The van der Waals surface area contributed by atoms with Crippen LogP contribution in [-0.2, 0) is 6.42 Å². The Kier molecular flexibility index (Phi) is 4.45. The molecule has 0 aromatic heterocycles. The molecule has 104 valence electrons. The van der Waals surface area contributed by atoms with E-state index in [-0.39, 0.29) is 0 Å². The van der Waals surface area contributed by atoms with Crippen LogP contribution in [0.1, 0.15) is 42.7 Å². The van der Waals surface area contributed by atoms with E-state index in [1.807, 2.05) is 0 Å². The minimum atomic E-state index is 0.761. The van der Waals surface area contributed by atoms with E-state index >= 15 is 0 Å². The second-order valence-electron chi connectivity index (χ2n) is 6.19.